The third kappa shape index (κ3) is 4.30. The first kappa shape index (κ1) is 17.0. The minimum atomic E-state index is -0.289. The maximum Gasteiger partial charge on any atom is 0.239 e. The Hall–Kier alpha value is -1.40. The summed E-state index contributed by atoms with van der Waals surface area (Å²) in [4.78, 5) is 28.1. The van der Waals surface area contributed by atoms with E-state index in [0.29, 0.717) is 0 Å². The Morgan fingerprint density at radius 1 is 1.32 bits per heavy atom. The van der Waals surface area contributed by atoms with Crippen molar-refractivity contribution in [3.63, 3.8) is 0 Å². The molecule has 1 aromatic rings. The van der Waals surface area contributed by atoms with E-state index in [0.717, 1.165) is 36.1 Å². The number of halogens is 1. The minimum absolute atomic E-state index is 0.105. The minimum Gasteiger partial charge on any atom is -0.341 e. The van der Waals surface area contributed by atoms with Gasteiger partial charge in [0, 0.05) is 17.6 Å². The number of para-hydroxylation sites is 1. The van der Waals surface area contributed by atoms with E-state index in [4.69, 9.17) is 0 Å². The lowest BCUT2D eigenvalue weighted by Crippen LogP contribution is -2.46. The van der Waals surface area contributed by atoms with Crippen LogP contribution in [0.3, 0.4) is 0 Å². The predicted octanol–water partition coefficient (Wildman–Crippen LogP) is 2.33. The van der Waals surface area contributed by atoms with Crippen molar-refractivity contribution < 1.29 is 9.59 Å². The number of carbonyl (C=O) groups is 2. The number of anilines is 1. The zero-order chi connectivity index (χ0) is 16.1. The fourth-order valence-electron chi connectivity index (χ4n) is 2.51. The second-order valence-corrected chi connectivity index (χ2v) is 6.51. The Kier molecular flexibility index (Phi) is 5.97. The van der Waals surface area contributed by atoms with Gasteiger partial charge in [-0.15, -0.1) is 0 Å². The van der Waals surface area contributed by atoms with Gasteiger partial charge in [-0.1, -0.05) is 12.1 Å². The summed E-state index contributed by atoms with van der Waals surface area (Å²) in [5, 5.41) is 2.85. The second kappa shape index (κ2) is 7.74. The summed E-state index contributed by atoms with van der Waals surface area (Å²) in [5.41, 5.74) is 0.736. The van der Waals surface area contributed by atoms with Crippen LogP contribution in [-0.4, -0.2) is 54.3 Å². The molecule has 0 aliphatic carbocycles. The molecule has 0 bridgehead atoms. The van der Waals surface area contributed by atoms with Gasteiger partial charge in [-0.25, -0.2) is 0 Å². The molecule has 1 atom stereocenters. The van der Waals surface area contributed by atoms with Crippen molar-refractivity contribution in [2.24, 2.45) is 0 Å². The molecule has 0 spiro atoms. The first-order valence-electron chi connectivity index (χ1n) is 7.52. The average Bonchev–Trinajstić information content (AvgIpc) is 3.02. The van der Waals surface area contributed by atoms with E-state index in [2.05, 4.69) is 21.2 Å². The molecule has 6 heteroatoms. The number of rotatable bonds is 5. The van der Waals surface area contributed by atoms with Gasteiger partial charge in [0.05, 0.1) is 18.3 Å². The molecular formula is C16H22BrN3O2. The molecule has 1 aromatic carbocycles. The van der Waals surface area contributed by atoms with Gasteiger partial charge in [0.15, 0.2) is 0 Å². The molecule has 0 aromatic heterocycles. The van der Waals surface area contributed by atoms with Gasteiger partial charge in [0.1, 0.15) is 0 Å². The van der Waals surface area contributed by atoms with E-state index in [1.807, 2.05) is 36.1 Å². The summed E-state index contributed by atoms with van der Waals surface area (Å²) in [5.74, 6) is -0.0239. The molecule has 0 radical (unpaired) electrons. The molecule has 1 aliphatic heterocycles. The van der Waals surface area contributed by atoms with Gasteiger partial charge in [-0.2, -0.15) is 0 Å². The van der Waals surface area contributed by atoms with Crippen LogP contribution in [0.4, 0.5) is 5.69 Å². The van der Waals surface area contributed by atoms with Crippen molar-refractivity contribution in [2.45, 2.75) is 25.8 Å². The zero-order valence-electron chi connectivity index (χ0n) is 13.0. The molecule has 2 rings (SSSR count). The fourth-order valence-corrected chi connectivity index (χ4v) is 2.89. The molecular weight excluding hydrogens is 346 g/mol. The molecule has 1 saturated heterocycles. The topological polar surface area (TPSA) is 52.7 Å². The van der Waals surface area contributed by atoms with Crippen LogP contribution in [0.25, 0.3) is 0 Å². The highest BCUT2D eigenvalue weighted by Gasteiger charge is 2.26. The number of carbonyl (C=O) groups excluding carboxylic acids is 2. The molecule has 2 amide bonds. The number of amides is 2. The maximum atomic E-state index is 12.3. The van der Waals surface area contributed by atoms with Gasteiger partial charge in [-0.05, 0) is 54.9 Å². The Morgan fingerprint density at radius 3 is 2.59 bits per heavy atom. The Bertz CT molecular complexity index is 544. The van der Waals surface area contributed by atoms with Crippen molar-refractivity contribution in [1.29, 1.82) is 0 Å². The van der Waals surface area contributed by atoms with E-state index in [1.54, 1.807) is 11.9 Å². The van der Waals surface area contributed by atoms with Gasteiger partial charge >= 0.3 is 0 Å². The lowest BCUT2D eigenvalue weighted by Gasteiger charge is -2.27. The number of likely N-dealkylation sites (N-methyl/N-ethyl adjacent to an activating group) is 1. The Balaban J connectivity index is 1.87. The largest absolute Gasteiger partial charge is 0.341 e. The third-order valence-corrected chi connectivity index (χ3v) is 4.67. The third-order valence-electron chi connectivity index (χ3n) is 3.98. The lowest BCUT2D eigenvalue weighted by atomic mass is 10.2. The fraction of sp³-hybridized carbons (Fsp3) is 0.500. The highest BCUT2D eigenvalue weighted by Crippen LogP contribution is 2.21. The standard InChI is InChI=1S/C16H22BrN3O2/c1-12(16(22)20-9-5-6-10-20)19(2)11-15(21)18-14-8-4-3-7-13(14)17/h3-4,7-8,12H,5-6,9-11H2,1-2H3,(H,18,21)/t12-/m0/s1. The highest BCUT2D eigenvalue weighted by molar-refractivity contribution is 9.10. The first-order valence-corrected chi connectivity index (χ1v) is 8.31. The summed E-state index contributed by atoms with van der Waals surface area (Å²) in [6.45, 7) is 3.70. The van der Waals surface area contributed by atoms with E-state index in [-0.39, 0.29) is 24.4 Å². The zero-order valence-corrected chi connectivity index (χ0v) is 14.6. The molecule has 1 fully saturated rings. The number of hydrogen-bond acceptors (Lipinski definition) is 3. The molecule has 120 valence electrons. The molecule has 0 unspecified atom stereocenters. The second-order valence-electron chi connectivity index (χ2n) is 5.65. The smallest absolute Gasteiger partial charge is 0.239 e. The van der Waals surface area contributed by atoms with Crippen molar-refractivity contribution >= 4 is 33.4 Å². The van der Waals surface area contributed by atoms with Crippen LogP contribution in [-0.2, 0) is 9.59 Å². The van der Waals surface area contributed by atoms with Gasteiger partial charge in [0.25, 0.3) is 0 Å². The molecule has 1 heterocycles. The maximum absolute atomic E-state index is 12.3. The van der Waals surface area contributed by atoms with Crippen LogP contribution in [0.5, 0.6) is 0 Å². The monoisotopic (exact) mass is 367 g/mol. The van der Waals surface area contributed by atoms with Crippen LogP contribution in [0, 0.1) is 0 Å². The van der Waals surface area contributed by atoms with Gasteiger partial charge < -0.3 is 10.2 Å². The summed E-state index contributed by atoms with van der Waals surface area (Å²) in [6, 6.07) is 7.18. The Morgan fingerprint density at radius 2 is 1.95 bits per heavy atom. The van der Waals surface area contributed by atoms with Crippen LogP contribution < -0.4 is 5.32 Å². The van der Waals surface area contributed by atoms with Crippen molar-refractivity contribution in [1.82, 2.24) is 9.80 Å². The summed E-state index contributed by atoms with van der Waals surface area (Å²) in [7, 11) is 1.80. The summed E-state index contributed by atoms with van der Waals surface area (Å²) in [6.07, 6.45) is 2.15. The van der Waals surface area contributed by atoms with Crippen molar-refractivity contribution in [3.05, 3.63) is 28.7 Å². The van der Waals surface area contributed by atoms with Gasteiger partial charge in [0.2, 0.25) is 11.8 Å². The van der Waals surface area contributed by atoms with E-state index in [1.165, 1.54) is 0 Å². The normalized spacial score (nSPS) is 15.9. The number of nitrogens with zero attached hydrogens (tertiary/aromatic N) is 2. The SMILES string of the molecule is C[C@@H](C(=O)N1CCCC1)N(C)CC(=O)Nc1ccccc1Br. The highest BCUT2D eigenvalue weighted by atomic mass is 79.9. The lowest BCUT2D eigenvalue weighted by molar-refractivity contribution is -0.135. The quantitative estimate of drug-likeness (QED) is 0.868. The molecule has 1 aliphatic rings. The average molecular weight is 368 g/mol. The van der Waals surface area contributed by atoms with Crippen LogP contribution in [0.15, 0.2) is 28.7 Å². The molecule has 5 nitrogen and oxygen atoms in total. The van der Waals surface area contributed by atoms with Crippen LogP contribution in [0.1, 0.15) is 19.8 Å². The number of likely N-dealkylation sites (tertiary alicyclic amines) is 1. The molecule has 0 saturated carbocycles. The van der Waals surface area contributed by atoms with E-state index >= 15 is 0 Å². The van der Waals surface area contributed by atoms with E-state index < -0.39 is 0 Å². The number of nitrogens with one attached hydrogen (secondary N) is 1. The van der Waals surface area contributed by atoms with Crippen LogP contribution in [0.2, 0.25) is 0 Å². The Labute approximate surface area is 139 Å². The van der Waals surface area contributed by atoms with Crippen LogP contribution >= 0.6 is 15.9 Å². The predicted molar refractivity (Wildman–Crippen MR) is 90.7 cm³/mol. The number of benzene rings is 1. The van der Waals surface area contributed by atoms with Gasteiger partial charge in [-0.3, -0.25) is 14.5 Å². The number of hydrogen-bond donors (Lipinski definition) is 1. The van der Waals surface area contributed by atoms with Crippen molar-refractivity contribution in [3.8, 4) is 0 Å². The molecule has 22 heavy (non-hydrogen) atoms. The van der Waals surface area contributed by atoms with Crippen molar-refractivity contribution in [2.75, 3.05) is 32.0 Å². The first-order chi connectivity index (χ1) is 10.5. The molecule has 1 N–H and O–H groups in total. The summed E-state index contributed by atoms with van der Waals surface area (Å²) < 4.78 is 0.840. The van der Waals surface area contributed by atoms with E-state index in [9.17, 15) is 9.59 Å². The summed E-state index contributed by atoms with van der Waals surface area (Å²) >= 11 is 3.40.